The molecular weight excluding hydrogens is 366 g/mol. The van der Waals surface area contributed by atoms with E-state index in [9.17, 15) is 9.59 Å². The quantitative estimate of drug-likeness (QED) is 0.838. The number of nitrogens with one attached hydrogen (secondary N) is 2. The molecule has 2 aliphatic rings. The van der Waals surface area contributed by atoms with Gasteiger partial charge >= 0.3 is 12.1 Å². The first-order chi connectivity index (χ1) is 14.0. The molecule has 2 aliphatic heterocycles. The molecule has 2 fully saturated rings. The Morgan fingerprint density at radius 3 is 1.59 bits per heavy atom. The molecule has 0 unspecified atom stereocenters. The fourth-order valence-corrected chi connectivity index (χ4v) is 4.48. The summed E-state index contributed by atoms with van der Waals surface area (Å²) in [5.74, 6) is 0. The molecule has 4 amide bonds. The predicted octanol–water partition coefficient (Wildman–Crippen LogP) is 3.31. The highest BCUT2D eigenvalue weighted by molar-refractivity contribution is 5.89. The van der Waals surface area contributed by atoms with E-state index in [4.69, 9.17) is 5.26 Å². The first-order valence-electron chi connectivity index (χ1n) is 9.64. The van der Waals surface area contributed by atoms with Gasteiger partial charge in [0.25, 0.3) is 0 Å². The summed E-state index contributed by atoms with van der Waals surface area (Å²) in [7, 11) is 0. The van der Waals surface area contributed by atoms with Crippen molar-refractivity contribution in [3.05, 3.63) is 71.8 Å². The molecule has 0 aliphatic carbocycles. The summed E-state index contributed by atoms with van der Waals surface area (Å²) in [4.78, 5) is 29.5. The number of nitriles is 1. The Bertz CT molecular complexity index is 897. The van der Waals surface area contributed by atoms with Gasteiger partial charge in [0.2, 0.25) is 0 Å². The van der Waals surface area contributed by atoms with Gasteiger partial charge in [-0.1, -0.05) is 60.7 Å². The molecule has 7 nitrogen and oxygen atoms in total. The summed E-state index contributed by atoms with van der Waals surface area (Å²) < 4.78 is 0. The molecule has 2 saturated heterocycles. The Labute approximate surface area is 170 Å². The highest BCUT2D eigenvalue weighted by atomic mass is 16.2. The molecule has 29 heavy (non-hydrogen) atoms. The summed E-state index contributed by atoms with van der Waals surface area (Å²) in [6.45, 7) is 6.24. The molecule has 2 heterocycles. The van der Waals surface area contributed by atoms with Gasteiger partial charge in [-0.05, 0) is 13.8 Å². The van der Waals surface area contributed by atoms with E-state index < -0.39 is 11.3 Å². The number of fused-ring (bicyclic) bond motifs is 1. The number of benzene rings is 2. The number of amides is 4. The second-order valence-electron chi connectivity index (χ2n) is 6.73. The number of likely N-dealkylation sites (N-methyl/N-ethyl adjacent to an activating group) is 2. The van der Waals surface area contributed by atoms with Gasteiger partial charge in [-0.15, -0.1) is 0 Å². The van der Waals surface area contributed by atoms with Gasteiger partial charge in [0, 0.05) is 31.1 Å². The number of rotatable bonds is 4. The monoisotopic (exact) mass is 391 g/mol. The van der Waals surface area contributed by atoms with Gasteiger partial charge in [0.15, 0.2) is 11.3 Å². The highest BCUT2D eigenvalue weighted by Crippen LogP contribution is 2.53. The smallest absolute Gasteiger partial charge is 0.307 e. The summed E-state index contributed by atoms with van der Waals surface area (Å²) in [5.41, 5.74) is -0.301. The zero-order chi connectivity index (χ0) is 21.1. The van der Waals surface area contributed by atoms with Crippen molar-refractivity contribution in [2.75, 3.05) is 13.1 Å². The SMILES string of the molecule is CC#N.CCN1C(=O)NC2(c3ccccc3)NC(=O)N(CC)C12c1ccccc1. The number of carbonyl (C=O) groups excluding carboxylic acids is 2. The molecule has 2 aromatic rings. The molecule has 2 aromatic carbocycles. The Kier molecular flexibility index (Phi) is 5.46. The molecule has 0 spiro atoms. The van der Waals surface area contributed by atoms with Crippen molar-refractivity contribution in [1.29, 1.82) is 5.26 Å². The van der Waals surface area contributed by atoms with E-state index in [1.807, 2.05) is 74.5 Å². The average Bonchev–Trinajstić information content (AvgIpc) is 3.13. The van der Waals surface area contributed by atoms with E-state index in [1.165, 1.54) is 6.92 Å². The van der Waals surface area contributed by atoms with Crippen molar-refractivity contribution in [3.8, 4) is 6.07 Å². The number of hydrogen-bond donors (Lipinski definition) is 2. The normalized spacial score (nSPS) is 24.8. The molecule has 2 N–H and O–H groups in total. The third kappa shape index (κ3) is 2.71. The molecule has 0 saturated carbocycles. The molecule has 7 heteroatoms. The van der Waals surface area contributed by atoms with Gasteiger partial charge in [-0.25, -0.2) is 9.59 Å². The maximum absolute atomic E-state index is 13.0. The Morgan fingerprint density at radius 1 is 0.828 bits per heavy atom. The van der Waals surface area contributed by atoms with Crippen LogP contribution in [0.1, 0.15) is 31.9 Å². The van der Waals surface area contributed by atoms with E-state index in [-0.39, 0.29) is 12.1 Å². The lowest BCUT2D eigenvalue weighted by Gasteiger charge is -2.46. The van der Waals surface area contributed by atoms with Gasteiger partial charge in [0.1, 0.15) is 0 Å². The van der Waals surface area contributed by atoms with Crippen molar-refractivity contribution >= 4 is 12.1 Å². The van der Waals surface area contributed by atoms with Crippen LogP contribution in [-0.4, -0.2) is 35.0 Å². The number of urea groups is 2. The Hall–Kier alpha value is -3.53. The molecule has 0 bridgehead atoms. The lowest BCUT2D eigenvalue weighted by atomic mass is 9.81. The van der Waals surface area contributed by atoms with E-state index in [2.05, 4.69) is 10.6 Å². The van der Waals surface area contributed by atoms with Crippen LogP contribution in [0, 0.1) is 11.3 Å². The lowest BCUT2D eigenvalue weighted by Crippen LogP contribution is -2.62. The third-order valence-corrected chi connectivity index (χ3v) is 5.40. The van der Waals surface area contributed by atoms with E-state index in [0.717, 1.165) is 11.1 Å². The minimum Gasteiger partial charge on any atom is -0.307 e. The summed E-state index contributed by atoms with van der Waals surface area (Å²) in [6, 6.07) is 20.8. The molecular formula is C22H25N5O2. The van der Waals surface area contributed by atoms with Crippen molar-refractivity contribution < 1.29 is 9.59 Å². The molecule has 0 radical (unpaired) electrons. The van der Waals surface area contributed by atoms with Crippen LogP contribution in [0.15, 0.2) is 60.7 Å². The zero-order valence-corrected chi connectivity index (χ0v) is 16.8. The van der Waals surface area contributed by atoms with Gasteiger partial charge in [0.05, 0.1) is 6.07 Å². The van der Waals surface area contributed by atoms with Crippen LogP contribution in [0.5, 0.6) is 0 Å². The molecule has 0 atom stereocenters. The summed E-state index contributed by atoms with van der Waals surface area (Å²) in [6.07, 6.45) is 0. The zero-order valence-electron chi connectivity index (χ0n) is 16.8. The minimum atomic E-state index is -1.06. The second kappa shape index (κ2) is 7.84. The van der Waals surface area contributed by atoms with Gasteiger partial charge in [-0.3, -0.25) is 9.80 Å². The van der Waals surface area contributed by atoms with Crippen LogP contribution < -0.4 is 10.6 Å². The lowest BCUT2D eigenvalue weighted by molar-refractivity contribution is -0.00735. The first-order valence-corrected chi connectivity index (χ1v) is 9.64. The maximum Gasteiger partial charge on any atom is 0.321 e. The van der Waals surface area contributed by atoms with Crippen LogP contribution >= 0.6 is 0 Å². The third-order valence-electron chi connectivity index (χ3n) is 5.40. The van der Waals surface area contributed by atoms with E-state index in [1.54, 1.807) is 15.9 Å². The fourth-order valence-electron chi connectivity index (χ4n) is 4.48. The van der Waals surface area contributed by atoms with Crippen molar-refractivity contribution in [3.63, 3.8) is 0 Å². The topological polar surface area (TPSA) is 88.5 Å². The van der Waals surface area contributed by atoms with Crippen LogP contribution in [-0.2, 0) is 11.3 Å². The second-order valence-corrected chi connectivity index (χ2v) is 6.73. The van der Waals surface area contributed by atoms with Crippen molar-refractivity contribution in [2.45, 2.75) is 32.1 Å². The van der Waals surface area contributed by atoms with Crippen molar-refractivity contribution in [2.24, 2.45) is 0 Å². The predicted molar refractivity (Wildman–Crippen MR) is 109 cm³/mol. The van der Waals surface area contributed by atoms with Crippen LogP contribution in [0.4, 0.5) is 9.59 Å². The first kappa shape index (κ1) is 20.2. The maximum atomic E-state index is 13.0. The van der Waals surface area contributed by atoms with Crippen LogP contribution in [0.2, 0.25) is 0 Å². The number of carbonyl (C=O) groups is 2. The Balaban J connectivity index is 0.000000755. The highest BCUT2D eigenvalue weighted by Gasteiger charge is 2.73. The minimum absolute atomic E-state index is 0.196. The van der Waals surface area contributed by atoms with Crippen LogP contribution in [0.25, 0.3) is 0 Å². The van der Waals surface area contributed by atoms with Gasteiger partial charge in [-0.2, -0.15) is 5.26 Å². The number of nitrogens with zero attached hydrogens (tertiary/aromatic N) is 3. The van der Waals surface area contributed by atoms with Crippen molar-refractivity contribution in [1.82, 2.24) is 20.4 Å². The Morgan fingerprint density at radius 2 is 1.21 bits per heavy atom. The van der Waals surface area contributed by atoms with Crippen LogP contribution in [0.3, 0.4) is 0 Å². The molecule has 150 valence electrons. The summed E-state index contributed by atoms with van der Waals surface area (Å²) in [5, 5.41) is 13.5. The average molecular weight is 391 g/mol. The van der Waals surface area contributed by atoms with E-state index in [0.29, 0.717) is 13.1 Å². The fraction of sp³-hybridized carbons (Fsp3) is 0.318. The largest absolute Gasteiger partial charge is 0.321 e. The molecule has 0 aromatic heterocycles. The van der Waals surface area contributed by atoms with E-state index >= 15 is 0 Å². The number of hydrogen-bond acceptors (Lipinski definition) is 3. The standard InChI is InChI=1S/C20H22N4O2.C2H3N/c1-3-23-17(25)21-19(15-11-7-5-8-12-15)20(23,16-13-9-6-10-14-16)24(4-2)18(26)22-19;1-2-3/h5-14H,3-4H2,1-2H3,(H,21,25)(H,22,26);1H3. The summed E-state index contributed by atoms with van der Waals surface area (Å²) >= 11 is 0. The molecule has 4 rings (SSSR count). The van der Waals surface area contributed by atoms with Gasteiger partial charge < -0.3 is 10.6 Å².